The molecule has 0 saturated heterocycles. The van der Waals surface area contributed by atoms with E-state index >= 15 is 0 Å². The van der Waals surface area contributed by atoms with E-state index in [0.717, 1.165) is 10.0 Å². The molecule has 0 aliphatic carbocycles. The number of aromatic nitrogens is 4. The van der Waals surface area contributed by atoms with Gasteiger partial charge in [0, 0.05) is 10.7 Å². The number of hydrogen-bond donors (Lipinski definition) is 2. The van der Waals surface area contributed by atoms with E-state index in [1.54, 1.807) is 6.20 Å². The van der Waals surface area contributed by atoms with Gasteiger partial charge >= 0.3 is 0 Å². The Morgan fingerprint density at radius 3 is 2.94 bits per heavy atom. The number of carbonyl (C=O) groups is 1. The summed E-state index contributed by atoms with van der Waals surface area (Å²) in [4.78, 5) is 19.6. The van der Waals surface area contributed by atoms with Crippen LogP contribution < -0.4 is 11.1 Å². The van der Waals surface area contributed by atoms with Crippen LogP contribution in [0.4, 0.5) is 11.8 Å². The number of hydrogen-bond acceptors (Lipinski definition) is 5. The lowest BCUT2D eigenvalue weighted by Crippen LogP contribution is -2.20. The van der Waals surface area contributed by atoms with Gasteiger partial charge < -0.3 is 11.1 Å². The molecule has 0 atom stereocenters. The molecule has 0 aliphatic heterocycles. The zero-order valence-corrected chi connectivity index (χ0v) is 11.2. The summed E-state index contributed by atoms with van der Waals surface area (Å²) < 4.78 is 2.22. The van der Waals surface area contributed by atoms with E-state index in [9.17, 15) is 4.79 Å². The highest BCUT2D eigenvalue weighted by Crippen LogP contribution is 2.16. The van der Waals surface area contributed by atoms with E-state index in [2.05, 4.69) is 36.3 Å². The minimum atomic E-state index is -0.238. The Bertz CT molecular complexity index is 581. The topological polar surface area (TPSA) is 98.7 Å². The third-order valence-electron chi connectivity index (χ3n) is 2.16. The molecule has 0 fully saturated rings. The Balaban J connectivity index is 2.03. The number of nitrogen functional groups attached to an aromatic ring is 1. The Morgan fingerprint density at radius 1 is 1.56 bits per heavy atom. The van der Waals surface area contributed by atoms with Crippen molar-refractivity contribution in [1.29, 1.82) is 0 Å². The molecular weight excluding hydrogens is 300 g/mol. The van der Waals surface area contributed by atoms with Crippen molar-refractivity contribution < 1.29 is 4.79 Å². The van der Waals surface area contributed by atoms with Gasteiger partial charge in [-0.2, -0.15) is 0 Å². The number of anilines is 2. The number of nitrogens with one attached hydrogen (secondary N) is 1. The maximum absolute atomic E-state index is 11.7. The zero-order chi connectivity index (χ0) is 13.1. The van der Waals surface area contributed by atoms with Gasteiger partial charge in [-0.15, -0.1) is 5.10 Å². The van der Waals surface area contributed by atoms with Crippen molar-refractivity contribution in [3.8, 4) is 0 Å². The average molecular weight is 311 g/mol. The molecule has 18 heavy (non-hydrogen) atoms. The van der Waals surface area contributed by atoms with Crippen molar-refractivity contribution in [2.45, 2.75) is 13.5 Å². The van der Waals surface area contributed by atoms with Gasteiger partial charge in [0.2, 0.25) is 11.9 Å². The van der Waals surface area contributed by atoms with E-state index in [-0.39, 0.29) is 18.4 Å². The first-order valence-corrected chi connectivity index (χ1v) is 5.91. The van der Waals surface area contributed by atoms with Crippen molar-refractivity contribution in [2.24, 2.45) is 0 Å². The zero-order valence-electron chi connectivity index (χ0n) is 9.59. The monoisotopic (exact) mass is 310 g/mol. The molecule has 7 nitrogen and oxygen atoms in total. The van der Waals surface area contributed by atoms with Crippen molar-refractivity contribution in [3.63, 3.8) is 0 Å². The van der Waals surface area contributed by atoms with Crippen molar-refractivity contribution in [2.75, 3.05) is 11.1 Å². The Morgan fingerprint density at radius 2 is 2.33 bits per heavy atom. The molecule has 2 aromatic heterocycles. The van der Waals surface area contributed by atoms with Crippen LogP contribution >= 0.6 is 15.9 Å². The maximum Gasteiger partial charge on any atom is 0.247 e. The molecule has 2 rings (SSSR count). The summed E-state index contributed by atoms with van der Waals surface area (Å²) >= 11 is 3.31. The number of pyridine rings is 1. The van der Waals surface area contributed by atoms with Gasteiger partial charge in [-0.1, -0.05) is 0 Å². The molecule has 0 aliphatic rings. The smallest absolute Gasteiger partial charge is 0.247 e. The lowest BCUT2D eigenvalue weighted by atomic mass is 10.3. The van der Waals surface area contributed by atoms with Gasteiger partial charge in [0.25, 0.3) is 0 Å². The number of carbonyl (C=O) groups excluding carboxylic acids is 1. The number of halogens is 1. The normalized spacial score (nSPS) is 10.3. The molecule has 0 bridgehead atoms. The number of nitrogens with zero attached hydrogens (tertiary/aromatic N) is 4. The van der Waals surface area contributed by atoms with Crippen LogP contribution in [0.5, 0.6) is 0 Å². The molecule has 1 amide bonds. The Kier molecular flexibility index (Phi) is 3.56. The maximum atomic E-state index is 11.7. The molecule has 8 heteroatoms. The molecule has 3 N–H and O–H groups in total. The molecule has 94 valence electrons. The minimum Gasteiger partial charge on any atom is -0.367 e. The molecule has 2 aromatic rings. The summed E-state index contributed by atoms with van der Waals surface area (Å²) in [6.45, 7) is 1.90. The van der Waals surface area contributed by atoms with E-state index < -0.39 is 0 Å². The van der Waals surface area contributed by atoms with Gasteiger partial charge in [-0.3, -0.25) is 4.79 Å². The van der Waals surface area contributed by atoms with Crippen LogP contribution in [0.3, 0.4) is 0 Å². The lowest BCUT2D eigenvalue weighted by Gasteiger charge is -2.07. The molecule has 0 saturated carbocycles. The summed E-state index contributed by atoms with van der Waals surface area (Å²) in [5.74, 6) is 0.426. The largest absolute Gasteiger partial charge is 0.367 e. The fourth-order valence-electron chi connectivity index (χ4n) is 1.38. The van der Waals surface area contributed by atoms with Gasteiger partial charge in [-0.25, -0.2) is 14.6 Å². The van der Waals surface area contributed by atoms with Crippen molar-refractivity contribution >= 4 is 33.6 Å². The fourth-order valence-corrected chi connectivity index (χ4v) is 1.82. The number of aryl methyl sites for hydroxylation is 1. The molecule has 0 spiro atoms. The highest BCUT2D eigenvalue weighted by molar-refractivity contribution is 9.10. The summed E-state index contributed by atoms with van der Waals surface area (Å²) in [6.07, 6.45) is 3.02. The second-order valence-electron chi connectivity index (χ2n) is 3.67. The first-order valence-electron chi connectivity index (χ1n) is 5.11. The predicted molar refractivity (Wildman–Crippen MR) is 69.7 cm³/mol. The van der Waals surface area contributed by atoms with E-state index in [1.165, 1.54) is 11.0 Å². The Labute approximate surface area is 112 Å². The first-order chi connectivity index (χ1) is 8.54. The van der Waals surface area contributed by atoms with Crippen LogP contribution in [0.15, 0.2) is 23.1 Å². The predicted octanol–water partition coefficient (Wildman–Crippen LogP) is 0.965. The second kappa shape index (κ2) is 5.13. The summed E-state index contributed by atoms with van der Waals surface area (Å²) in [5, 5.41) is 6.52. The standard InChI is InChI=1S/C10H11BrN6O/c1-6-2-7(11)3-13-9(6)15-8(18)4-17-5-14-10(12)16-17/h2-3,5H,4H2,1H3,(H2,12,16)(H,13,15,18). The summed E-state index contributed by atoms with van der Waals surface area (Å²) in [7, 11) is 0. The minimum absolute atomic E-state index is 0.0430. The van der Waals surface area contributed by atoms with Gasteiger partial charge in [0.15, 0.2) is 0 Å². The molecule has 0 radical (unpaired) electrons. The van der Waals surface area contributed by atoms with E-state index in [4.69, 9.17) is 5.73 Å². The van der Waals surface area contributed by atoms with Crippen LogP contribution in [0.2, 0.25) is 0 Å². The fraction of sp³-hybridized carbons (Fsp3) is 0.200. The number of rotatable bonds is 3. The molecule has 2 heterocycles. The van der Waals surface area contributed by atoms with Gasteiger partial charge in [0.1, 0.15) is 18.7 Å². The SMILES string of the molecule is Cc1cc(Br)cnc1NC(=O)Cn1cnc(N)n1. The van der Waals surface area contributed by atoms with Crippen LogP contribution in [-0.2, 0) is 11.3 Å². The van der Waals surface area contributed by atoms with Gasteiger partial charge in [-0.05, 0) is 34.5 Å². The first kappa shape index (κ1) is 12.5. The van der Waals surface area contributed by atoms with Crippen molar-refractivity contribution in [1.82, 2.24) is 19.7 Å². The molecular formula is C10H11BrN6O. The number of nitrogens with two attached hydrogens (primary N) is 1. The van der Waals surface area contributed by atoms with E-state index in [0.29, 0.717) is 5.82 Å². The quantitative estimate of drug-likeness (QED) is 0.880. The van der Waals surface area contributed by atoms with Gasteiger partial charge in [0.05, 0.1) is 0 Å². The number of amides is 1. The van der Waals surface area contributed by atoms with Crippen LogP contribution in [0.1, 0.15) is 5.56 Å². The van der Waals surface area contributed by atoms with Crippen LogP contribution in [0, 0.1) is 6.92 Å². The molecule has 0 unspecified atom stereocenters. The van der Waals surface area contributed by atoms with Crippen molar-refractivity contribution in [3.05, 3.63) is 28.6 Å². The lowest BCUT2D eigenvalue weighted by molar-refractivity contribution is -0.116. The third-order valence-corrected chi connectivity index (χ3v) is 2.60. The highest BCUT2D eigenvalue weighted by atomic mass is 79.9. The average Bonchev–Trinajstić information content (AvgIpc) is 2.68. The summed E-state index contributed by atoms with van der Waals surface area (Å²) in [6, 6.07) is 1.87. The van der Waals surface area contributed by atoms with Crippen LogP contribution in [-0.4, -0.2) is 25.7 Å². The summed E-state index contributed by atoms with van der Waals surface area (Å²) in [5.41, 5.74) is 6.23. The Hall–Kier alpha value is -1.96. The third kappa shape index (κ3) is 3.04. The highest BCUT2D eigenvalue weighted by Gasteiger charge is 2.08. The molecule has 0 aromatic carbocycles. The van der Waals surface area contributed by atoms with Crippen LogP contribution in [0.25, 0.3) is 0 Å². The second-order valence-corrected chi connectivity index (χ2v) is 4.58. The van der Waals surface area contributed by atoms with E-state index in [1.807, 2.05) is 13.0 Å².